The number of unbranched alkanes of at least 4 members (excludes halogenated alkanes) is 5. The average Bonchev–Trinajstić information content (AvgIpc) is 2.35. The third-order valence-corrected chi connectivity index (χ3v) is 4.27. The van der Waals surface area contributed by atoms with E-state index >= 15 is 0 Å². The summed E-state index contributed by atoms with van der Waals surface area (Å²) >= 11 is 0. The SMILES string of the molecule is CCCCCCCCOC(=O)C=C[SiH](C)OCC. The van der Waals surface area contributed by atoms with Gasteiger partial charge in [-0.15, -0.1) is 0 Å². The van der Waals surface area contributed by atoms with Gasteiger partial charge in [-0.05, 0) is 19.9 Å². The van der Waals surface area contributed by atoms with Crippen molar-refractivity contribution in [3.63, 3.8) is 0 Å². The zero-order valence-corrected chi connectivity index (χ0v) is 13.3. The highest BCUT2D eigenvalue weighted by Crippen LogP contribution is 2.05. The van der Waals surface area contributed by atoms with Crippen LogP contribution in [-0.2, 0) is 14.0 Å². The minimum atomic E-state index is -1.30. The first-order valence-corrected chi connectivity index (χ1v) is 9.46. The molecule has 0 radical (unpaired) electrons. The quantitative estimate of drug-likeness (QED) is 0.250. The van der Waals surface area contributed by atoms with Crippen LogP contribution in [0.3, 0.4) is 0 Å². The van der Waals surface area contributed by atoms with Gasteiger partial charge < -0.3 is 9.16 Å². The molecule has 18 heavy (non-hydrogen) atoms. The number of carbonyl (C=O) groups is 1. The van der Waals surface area contributed by atoms with Gasteiger partial charge in [0.05, 0.1) is 6.61 Å². The van der Waals surface area contributed by atoms with E-state index in [2.05, 4.69) is 6.92 Å². The molecule has 0 aromatic heterocycles. The van der Waals surface area contributed by atoms with Crippen molar-refractivity contribution in [1.29, 1.82) is 0 Å². The third kappa shape index (κ3) is 11.9. The summed E-state index contributed by atoms with van der Waals surface area (Å²) in [7, 11) is -1.30. The van der Waals surface area contributed by atoms with Crippen molar-refractivity contribution in [3.8, 4) is 0 Å². The molecular weight excluding hydrogens is 244 g/mol. The number of hydrogen-bond acceptors (Lipinski definition) is 3. The van der Waals surface area contributed by atoms with E-state index in [9.17, 15) is 4.79 Å². The minimum absolute atomic E-state index is 0.234. The van der Waals surface area contributed by atoms with Crippen molar-refractivity contribution in [2.24, 2.45) is 0 Å². The first-order valence-electron chi connectivity index (χ1n) is 7.17. The Labute approximate surface area is 113 Å². The average molecular weight is 272 g/mol. The van der Waals surface area contributed by atoms with Gasteiger partial charge in [-0.1, -0.05) is 44.7 Å². The van der Waals surface area contributed by atoms with Crippen LogP contribution in [0, 0.1) is 0 Å². The molecule has 0 aliphatic heterocycles. The Kier molecular flexibility index (Phi) is 12.4. The Balaban J connectivity index is 3.42. The van der Waals surface area contributed by atoms with Gasteiger partial charge in [0.1, 0.15) is 0 Å². The predicted molar refractivity (Wildman–Crippen MR) is 78.1 cm³/mol. The lowest BCUT2D eigenvalue weighted by Gasteiger charge is -2.04. The largest absolute Gasteiger partial charge is 0.463 e. The molecule has 0 heterocycles. The molecule has 3 nitrogen and oxygen atoms in total. The summed E-state index contributed by atoms with van der Waals surface area (Å²) in [6.07, 6.45) is 8.76. The smallest absolute Gasteiger partial charge is 0.330 e. The van der Waals surface area contributed by atoms with Gasteiger partial charge >= 0.3 is 5.97 Å². The van der Waals surface area contributed by atoms with Gasteiger partial charge in [-0.3, -0.25) is 0 Å². The molecule has 0 bridgehead atoms. The summed E-state index contributed by atoms with van der Waals surface area (Å²) in [5.74, 6) is -0.234. The van der Waals surface area contributed by atoms with E-state index in [1.54, 1.807) is 0 Å². The number of rotatable bonds is 11. The molecule has 0 saturated carbocycles. The van der Waals surface area contributed by atoms with Crippen LogP contribution in [0.15, 0.2) is 11.8 Å². The molecule has 0 rings (SSSR count). The van der Waals surface area contributed by atoms with E-state index in [0.717, 1.165) is 12.8 Å². The monoisotopic (exact) mass is 272 g/mol. The summed E-state index contributed by atoms with van der Waals surface area (Å²) in [6.45, 7) is 7.47. The summed E-state index contributed by atoms with van der Waals surface area (Å²) in [6, 6.07) is 0. The standard InChI is InChI=1S/C14H28O3Si/c1-4-6-7-8-9-10-12-16-14(15)11-13-18(3)17-5-2/h11,13,18H,4-10,12H2,1-3H3. The molecule has 106 valence electrons. The van der Waals surface area contributed by atoms with Gasteiger partial charge in [-0.2, -0.15) is 0 Å². The molecule has 0 spiro atoms. The van der Waals surface area contributed by atoms with E-state index in [4.69, 9.17) is 9.16 Å². The number of hydrogen-bond donors (Lipinski definition) is 0. The van der Waals surface area contributed by atoms with Crippen LogP contribution in [0.1, 0.15) is 52.4 Å². The number of esters is 1. The van der Waals surface area contributed by atoms with Gasteiger partial charge in [-0.25, -0.2) is 4.79 Å². The topological polar surface area (TPSA) is 35.5 Å². The van der Waals surface area contributed by atoms with E-state index in [1.807, 2.05) is 19.2 Å². The highest BCUT2D eigenvalue weighted by molar-refractivity contribution is 6.56. The molecule has 0 N–H and O–H groups in total. The molecule has 0 fully saturated rings. The van der Waals surface area contributed by atoms with Crippen molar-refractivity contribution < 1.29 is 14.0 Å². The maximum atomic E-state index is 11.3. The van der Waals surface area contributed by atoms with E-state index < -0.39 is 9.04 Å². The highest BCUT2D eigenvalue weighted by atomic mass is 28.3. The maximum absolute atomic E-state index is 11.3. The van der Waals surface area contributed by atoms with Gasteiger partial charge in [0.2, 0.25) is 0 Å². The summed E-state index contributed by atoms with van der Waals surface area (Å²) in [5, 5.41) is 0. The van der Waals surface area contributed by atoms with Gasteiger partial charge in [0, 0.05) is 12.7 Å². The first kappa shape index (κ1) is 17.4. The van der Waals surface area contributed by atoms with Crippen LogP contribution in [0.25, 0.3) is 0 Å². The van der Waals surface area contributed by atoms with Crippen molar-refractivity contribution in [2.45, 2.75) is 58.9 Å². The lowest BCUT2D eigenvalue weighted by molar-refractivity contribution is -0.137. The van der Waals surface area contributed by atoms with Crippen LogP contribution in [0.5, 0.6) is 0 Å². The Bertz CT molecular complexity index is 229. The van der Waals surface area contributed by atoms with Crippen LogP contribution >= 0.6 is 0 Å². The van der Waals surface area contributed by atoms with Crippen LogP contribution in [0.2, 0.25) is 6.55 Å². The highest BCUT2D eigenvalue weighted by Gasteiger charge is 2.01. The zero-order chi connectivity index (χ0) is 13.6. The molecule has 0 aromatic rings. The van der Waals surface area contributed by atoms with Crippen molar-refractivity contribution in [1.82, 2.24) is 0 Å². The molecular formula is C14H28O3Si. The Morgan fingerprint density at radius 2 is 1.78 bits per heavy atom. The van der Waals surface area contributed by atoms with Crippen LogP contribution in [0.4, 0.5) is 0 Å². The molecule has 1 unspecified atom stereocenters. The van der Waals surface area contributed by atoms with Crippen molar-refractivity contribution >= 4 is 15.0 Å². The number of ether oxygens (including phenoxy) is 1. The maximum Gasteiger partial charge on any atom is 0.330 e. The fourth-order valence-corrected chi connectivity index (χ4v) is 2.70. The molecule has 0 aliphatic rings. The molecule has 4 heteroatoms. The van der Waals surface area contributed by atoms with Crippen molar-refractivity contribution in [3.05, 3.63) is 11.8 Å². The second-order valence-corrected chi connectivity index (χ2v) is 6.58. The van der Waals surface area contributed by atoms with Crippen molar-refractivity contribution in [2.75, 3.05) is 13.2 Å². The second kappa shape index (κ2) is 12.8. The third-order valence-electron chi connectivity index (χ3n) is 2.68. The second-order valence-electron chi connectivity index (χ2n) is 4.45. The molecule has 0 amide bonds. The Morgan fingerprint density at radius 1 is 1.11 bits per heavy atom. The van der Waals surface area contributed by atoms with Crippen LogP contribution < -0.4 is 0 Å². The zero-order valence-electron chi connectivity index (χ0n) is 12.1. The summed E-state index contributed by atoms with van der Waals surface area (Å²) in [4.78, 5) is 11.3. The fourth-order valence-electron chi connectivity index (χ4n) is 1.64. The lowest BCUT2D eigenvalue weighted by atomic mass is 10.1. The van der Waals surface area contributed by atoms with Gasteiger partial charge in [0.25, 0.3) is 0 Å². The molecule has 0 aromatic carbocycles. The van der Waals surface area contributed by atoms with Crippen LogP contribution in [-0.4, -0.2) is 28.2 Å². The Hall–Kier alpha value is -0.613. The lowest BCUT2D eigenvalue weighted by Crippen LogP contribution is -2.11. The number of carbonyl (C=O) groups excluding carboxylic acids is 1. The molecule has 0 aliphatic carbocycles. The fraction of sp³-hybridized carbons (Fsp3) is 0.786. The Morgan fingerprint density at radius 3 is 2.44 bits per heavy atom. The molecule has 1 atom stereocenters. The van der Waals surface area contributed by atoms with E-state index in [-0.39, 0.29) is 5.97 Å². The van der Waals surface area contributed by atoms with Gasteiger partial charge in [0.15, 0.2) is 9.04 Å². The van der Waals surface area contributed by atoms with E-state index in [0.29, 0.717) is 13.2 Å². The van der Waals surface area contributed by atoms with E-state index in [1.165, 1.54) is 31.8 Å². The minimum Gasteiger partial charge on any atom is -0.463 e. The summed E-state index contributed by atoms with van der Waals surface area (Å²) in [5.41, 5.74) is 1.87. The first-order chi connectivity index (χ1) is 8.70. The summed E-state index contributed by atoms with van der Waals surface area (Å²) < 4.78 is 10.5. The predicted octanol–water partition coefficient (Wildman–Crippen LogP) is 3.38. The molecule has 0 saturated heterocycles. The normalized spacial score (nSPS) is 12.8.